The highest BCUT2D eigenvalue weighted by Crippen LogP contribution is 2.18. The minimum absolute atomic E-state index is 0.00145. The van der Waals surface area contributed by atoms with Gasteiger partial charge in [-0.3, -0.25) is 29.8 Å². The zero-order valence-corrected chi connectivity index (χ0v) is 19.3. The fourth-order valence-electron chi connectivity index (χ4n) is 3.50. The fourth-order valence-corrected chi connectivity index (χ4v) is 4.32. The van der Waals surface area contributed by atoms with E-state index >= 15 is 0 Å². The zero-order chi connectivity index (χ0) is 23.8. The van der Waals surface area contributed by atoms with Crippen LogP contribution >= 0.6 is 11.8 Å². The normalized spacial score (nSPS) is 10.7. The number of carbonyl (C=O) groups excluding carboxylic acids is 2. The first kappa shape index (κ1) is 23.3. The minimum atomic E-state index is -0.402. The molecule has 7 nitrogen and oxygen atoms in total. The van der Waals surface area contributed by atoms with Gasteiger partial charge < -0.3 is 0 Å². The first-order valence-electron chi connectivity index (χ1n) is 10.9. The molecule has 2 N–H and O–H groups in total. The highest BCUT2D eigenvalue weighted by atomic mass is 32.2. The molecule has 1 heterocycles. The summed E-state index contributed by atoms with van der Waals surface area (Å²) in [5.41, 5.74) is 6.92. The SMILES string of the molecule is O=C(CSc1nc2ccccc2c(=O)n1CCCc1ccccc1)NNC(=O)c1ccccc1. The molecule has 2 amide bonds. The van der Waals surface area contributed by atoms with Gasteiger partial charge in [0.25, 0.3) is 11.5 Å². The summed E-state index contributed by atoms with van der Waals surface area (Å²) in [5, 5.41) is 1.02. The predicted octanol–water partition coefficient (Wildman–Crippen LogP) is 3.58. The summed E-state index contributed by atoms with van der Waals surface area (Å²) in [6.07, 6.45) is 1.59. The van der Waals surface area contributed by atoms with Gasteiger partial charge in [0.05, 0.1) is 16.7 Å². The molecule has 0 fully saturated rings. The smallest absolute Gasteiger partial charge is 0.269 e. The van der Waals surface area contributed by atoms with E-state index in [4.69, 9.17) is 0 Å². The highest BCUT2D eigenvalue weighted by Gasteiger charge is 2.14. The molecule has 4 aromatic rings. The van der Waals surface area contributed by atoms with E-state index in [2.05, 4.69) is 28.0 Å². The molecule has 0 aliphatic rings. The Kier molecular flexibility index (Phi) is 7.72. The maximum atomic E-state index is 13.2. The Morgan fingerprint density at radius 1 is 0.853 bits per heavy atom. The van der Waals surface area contributed by atoms with Crippen molar-refractivity contribution in [1.82, 2.24) is 20.4 Å². The number of aromatic nitrogens is 2. The maximum Gasteiger partial charge on any atom is 0.269 e. The summed E-state index contributed by atoms with van der Waals surface area (Å²) in [6, 6.07) is 25.9. The number of para-hydroxylation sites is 1. The van der Waals surface area contributed by atoms with E-state index in [0.29, 0.717) is 28.2 Å². The van der Waals surface area contributed by atoms with Crippen LogP contribution in [0.2, 0.25) is 0 Å². The van der Waals surface area contributed by atoms with E-state index in [1.165, 1.54) is 17.3 Å². The summed E-state index contributed by atoms with van der Waals surface area (Å²) in [7, 11) is 0. The van der Waals surface area contributed by atoms with Crippen molar-refractivity contribution in [2.45, 2.75) is 24.5 Å². The van der Waals surface area contributed by atoms with Crippen LogP contribution in [0.4, 0.5) is 0 Å². The molecule has 34 heavy (non-hydrogen) atoms. The van der Waals surface area contributed by atoms with Crippen molar-refractivity contribution in [3.8, 4) is 0 Å². The van der Waals surface area contributed by atoms with E-state index in [0.717, 1.165) is 12.8 Å². The molecular formula is C26H24N4O3S. The van der Waals surface area contributed by atoms with E-state index in [1.807, 2.05) is 36.4 Å². The Hall–Kier alpha value is -3.91. The van der Waals surface area contributed by atoms with E-state index in [9.17, 15) is 14.4 Å². The average Bonchev–Trinajstić information content (AvgIpc) is 2.88. The van der Waals surface area contributed by atoms with E-state index < -0.39 is 11.8 Å². The van der Waals surface area contributed by atoms with Crippen LogP contribution in [-0.2, 0) is 17.8 Å². The average molecular weight is 473 g/mol. The number of hydrogen-bond donors (Lipinski definition) is 2. The van der Waals surface area contributed by atoms with Gasteiger partial charge in [0.15, 0.2) is 5.16 Å². The van der Waals surface area contributed by atoms with Crippen molar-refractivity contribution in [2.24, 2.45) is 0 Å². The van der Waals surface area contributed by atoms with Crippen LogP contribution < -0.4 is 16.4 Å². The van der Waals surface area contributed by atoms with Crippen molar-refractivity contribution < 1.29 is 9.59 Å². The maximum absolute atomic E-state index is 13.2. The van der Waals surface area contributed by atoms with Gasteiger partial charge in [-0.25, -0.2) is 4.98 Å². The predicted molar refractivity (Wildman–Crippen MR) is 134 cm³/mol. The molecule has 1 aromatic heterocycles. The molecule has 0 aliphatic heterocycles. The molecular weight excluding hydrogens is 448 g/mol. The highest BCUT2D eigenvalue weighted by molar-refractivity contribution is 7.99. The number of fused-ring (bicyclic) bond motifs is 1. The Morgan fingerprint density at radius 2 is 1.53 bits per heavy atom. The van der Waals surface area contributed by atoms with Crippen LogP contribution in [0.5, 0.6) is 0 Å². The van der Waals surface area contributed by atoms with Crippen molar-refractivity contribution in [3.05, 3.63) is 106 Å². The fraction of sp³-hybridized carbons (Fsp3) is 0.154. The van der Waals surface area contributed by atoms with Gasteiger partial charge in [-0.2, -0.15) is 0 Å². The van der Waals surface area contributed by atoms with E-state index in [1.54, 1.807) is 41.0 Å². The van der Waals surface area contributed by atoms with Crippen LogP contribution in [0.1, 0.15) is 22.3 Å². The van der Waals surface area contributed by atoms with Gasteiger partial charge in [-0.15, -0.1) is 0 Å². The van der Waals surface area contributed by atoms with Crippen molar-refractivity contribution in [2.75, 3.05) is 5.75 Å². The Morgan fingerprint density at radius 3 is 2.29 bits per heavy atom. The van der Waals surface area contributed by atoms with Gasteiger partial charge in [0, 0.05) is 12.1 Å². The summed E-state index contributed by atoms with van der Waals surface area (Å²) < 4.78 is 1.63. The van der Waals surface area contributed by atoms with Gasteiger partial charge in [0.2, 0.25) is 5.91 Å². The molecule has 0 spiro atoms. The Balaban J connectivity index is 1.43. The molecule has 0 atom stereocenters. The van der Waals surface area contributed by atoms with Gasteiger partial charge >= 0.3 is 0 Å². The Labute approximate surface area is 201 Å². The van der Waals surface area contributed by atoms with Crippen LogP contribution in [0.15, 0.2) is 94.9 Å². The lowest BCUT2D eigenvalue weighted by atomic mass is 10.1. The molecule has 4 rings (SSSR count). The molecule has 3 aromatic carbocycles. The zero-order valence-electron chi connectivity index (χ0n) is 18.4. The van der Waals surface area contributed by atoms with E-state index in [-0.39, 0.29) is 11.3 Å². The monoisotopic (exact) mass is 472 g/mol. The second-order valence-corrected chi connectivity index (χ2v) is 8.56. The quantitative estimate of drug-likeness (QED) is 0.232. The topological polar surface area (TPSA) is 93.1 Å². The third-order valence-electron chi connectivity index (χ3n) is 5.20. The number of carbonyl (C=O) groups is 2. The van der Waals surface area contributed by atoms with Crippen LogP contribution in [-0.4, -0.2) is 27.1 Å². The first-order valence-corrected chi connectivity index (χ1v) is 11.9. The third-order valence-corrected chi connectivity index (χ3v) is 6.18. The summed E-state index contributed by atoms with van der Waals surface area (Å²) in [4.78, 5) is 42.3. The Bertz CT molecular complexity index is 1340. The number of hydrogen-bond acceptors (Lipinski definition) is 5. The second-order valence-electron chi connectivity index (χ2n) is 7.61. The number of hydrazine groups is 1. The lowest BCUT2D eigenvalue weighted by molar-refractivity contribution is -0.119. The molecule has 0 saturated carbocycles. The summed E-state index contributed by atoms with van der Waals surface area (Å²) >= 11 is 1.17. The number of thioether (sulfide) groups is 1. The minimum Gasteiger partial charge on any atom is -0.287 e. The standard InChI is InChI=1S/C26H24N4O3S/c31-23(28-29-24(32)20-13-5-2-6-14-20)18-34-26-27-22-16-8-7-15-21(22)25(33)30(26)17-9-12-19-10-3-1-4-11-19/h1-8,10-11,13-16H,9,12,17-18H2,(H,28,31)(H,29,32). The third kappa shape index (κ3) is 5.90. The molecule has 8 heteroatoms. The number of nitrogens with one attached hydrogen (secondary N) is 2. The molecule has 0 unspecified atom stereocenters. The van der Waals surface area contributed by atoms with Gasteiger partial charge in [0.1, 0.15) is 0 Å². The van der Waals surface area contributed by atoms with Crippen LogP contribution in [0.25, 0.3) is 10.9 Å². The molecule has 0 bridgehead atoms. The first-order chi connectivity index (χ1) is 16.6. The van der Waals surface area contributed by atoms with Crippen molar-refractivity contribution in [1.29, 1.82) is 0 Å². The molecule has 0 saturated heterocycles. The van der Waals surface area contributed by atoms with Gasteiger partial charge in [-0.1, -0.05) is 72.4 Å². The number of benzene rings is 3. The largest absolute Gasteiger partial charge is 0.287 e. The number of amides is 2. The molecule has 172 valence electrons. The molecule has 0 aliphatic carbocycles. The number of rotatable bonds is 8. The van der Waals surface area contributed by atoms with Crippen molar-refractivity contribution in [3.63, 3.8) is 0 Å². The van der Waals surface area contributed by atoms with Crippen molar-refractivity contribution >= 4 is 34.5 Å². The number of nitrogens with zero attached hydrogens (tertiary/aromatic N) is 2. The lowest BCUT2D eigenvalue weighted by Gasteiger charge is -2.13. The summed E-state index contributed by atoms with van der Waals surface area (Å²) in [6.45, 7) is 0.486. The van der Waals surface area contributed by atoms with Gasteiger partial charge in [-0.05, 0) is 42.7 Å². The van der Waals surface area contributed by atoms with Crippen LogP contribution in [0.3, 0.4) is 0 Å². The molecule has 0 radical (unpaired) electrons. The lowest BCUT2D eigenvalue weighted by Crippen LogP contribution is -2.42. The summed E-state index contributed by atoms with van der Waals surface area (Å²) in [5.74, 6) is -0.799. The van der Waals surface area contributed by atoms with Crippen LogP contribution in [0, 0.1) is 0 Å². The second kappa shape index (κ2) is 11.3. The number of aryl methyl sites for hydroxylation is 1.